The summed E-state index contributed by atoms with van der Waals surface area (Å²) in [6.07, 6.45) is 5.12. The standard InChI is InChI=1S/C16H20FN3O/c1-2-11-6-8-16(18,9-7-11)15-19-14(21-20-15)12-4-3-5-13(17)10-12/h3-5,10-11H,2,6-9,18H2,1H3. The first kappa shape index (κ1) is 14.2. The topological polar surface area (TPSA) is 64.9 Å². The highest BCUT2D eigenvalue weighted by Crippen LogP contribution is 2.37. The van der Waals surface area contributed by atoms with Crippen LogP contribution in [-0.2, 0) is 5.54 Å². The molecule has 5 heteroatoms. The van der Waals surface area contributed by atoms with Gasteiger partial charge in [0, 0.05) is 5.56 Å². The van der Waals surface area contributed by atoms with E-state index in [1.165, 1.54) is 18.6 Å². The second kappa shape index (κ2) is 5.56. The third-order valence-electron chi connectivity index (χ3n) is 4.52. The van der Waals surface area contributed by atoms with E-state index in [1.807, 2.05) is 0 Å². The van der Waals surface area contributed by atoms with Crippen molar-refractivity contribution in [1.29, 1.82) is 0 Å². The van der Waals surface area contributed by atoms with Gasteiger partial charge in [-0.05, 0) is 49.8 Å². The van der Waals surface area contributed by atoms with E-state index in [1.54, 1.807) is 12.1 Å². The van der Waals surface area contributed by atoms with Gasteiger partial charge in [-0.25, -0.2) is 4.39 Å². The Kier molecular flexibility index (Phi) is 3.76. The zero-order valence-electron chi connectivity index (χ0n) is 12.2. The lowest BCUT2D eigenvalue weighted by Crippen LogP contribution is -2.41. The number of nitrogens with zero attached hydrogens (tertiary/aromatic N) is 2. The van der Waals surface area contributed by atoms with E-state index in [-0.39, 0.29) is 5.82 Å². The summed E-state index contributed by atoms with van der Waals surface area (Å²) in [6, 6.07) is 6.14. The van der Waals surface area contributed by atoms with Gasteiger partial charge in [-0.3, -0.25) is 0 Å². The van der Waals surface area contributed by atoms with Gasteiger partial charge in [0.05, 0.1) is 5.54 Å². The van der Waals surface area contributed by atoms with Crippen molar-refractivity contribution in [3.8, 4) is 11.5 Å². The summed E-state index contributed by atoms with van der Waals surface area (Å²) in [6.45, 7) is 2.21. The van der Waals surface area contributed by atoms with Crippen LogP contribution >= 0.6 is 0 Å². The molecule has 0 radical (unpaired) electrons. The quantitative estimate of drug-likeness (QED) is 0.937. The van der Waals surface area contributed by atoms with Gasteiger partial charge < -0.3 is 10.3 Å². The third kappa shape index (κ3) is 2.83. The molecular weight excluding hydrogens is 269 g/mol. The molecule has 3 rings (SSSR count). The highest BCUT2D eigenvalue weighted by molar-refractivity contribution is 5.52. The maximum atomic E-state index is 13.3. The Morgan fingerprint density at radius 3 is 2.81 bits per heavy atom. The molecule has 1 heterocycles. The van der Waals surface area contributed by atoms with Gasteiger partial charge in [-0.1, -0.05) is 24.6 Å². The van der Waals surface area contributed by atoms with Crippen LogP contribution in [0, 0.1) is 11.7 Å². The van der Waals surface area contributed by atoms with Crippen LogP contribution in [0.4, 0.5) is 4.39 Å². The summed E-state index contributed by atoms with van der Waals surface area (Å²) in [4.78, 5) is 4.40. The predicted octanol–water partition coefficient (Wildman–Crippen LogP) is 3.63. The average Bonchev–Trinajstić information content (AvgIpc) is 2.99. The van der Waals surface area contributed by atoms with E-state index >= 15 is 0 Å². The molecule has 112 valence electrons. The Bertz CT molecular complexity index is 617. The molecule has 0 aliphatic heterocycles. The van der Waals surface area contributed by atoms with Crippen molar-refractivity contribution in [3.63, 3.8) is 0 Å². The minimum Gasteiger partial charge on any atom is -0.334 e. The molecule has 0 bridgehead atoms. The fourth-order valence-corrected chi connectivity index (χ4v) is 2.99. The molecule has 21 heavy (non-hydrogen) atoms. The number of benzene rings is 1. The van der Waals surface area contributed by atoms with Gasteiger partial charge >= 0.3 is 0 Å². The van der Waals surface area contributed by atoms with E-state index < -0.39 is 5.54 Å². The zero-order valence-corrected chi connectivity index (χ0v) is 12.2. The summed E-state index contributed by atoms with van der Waals surface area (Å²) in [5, 5.41) is 4.03. The number of halogens is 1. The minimum absolute atomic E-state index is 0.321. The second-order valence-electron chi connectivity index (χ2n) is 5.94. The van der Waals surface area contributed by atoms with Crippen molar-refractivity contribution in [2.24, 2.45) is 11.7 Å². The molecule has 0 atom stereocenters. The number of hydrogen-bond donors (Lipinski definition) is 1. The lowest BCUT2D eigenvalue weighted by atomic mass is 9.76. The van der Waals surface area contributed by atoms with Crippen LogP contribution < -0.4 is 5.73 Å². The van der Waals surface area contributed by atoms with Crippen LogP contribution in [-0.4, -0.2) is 10.1 Å². The number of hydrogen-bond acceptors (Lipinski definition) is 4. The Morgan fingerprint density at radius 2 is 2.14 bits per heavy atom. The minimum atomic E-state index is -0.513. The first-order chi connectivity index (χ1) is 10.1. The van der Waals surface area contributed by atoms with Crippen molar-refractivity contribution in [2.75, 3.05) is 0 Å². The molecule has 1 aromatic heterocycles. The molecule has 1 fully saturated rings. The molecule has 1 saturated carbocycles. The summed E-state index contributed by atoms with van der Waals surface area (Å²) in [5.41, 5.74) is 6.53. The Labute approximate surface area is 123 Å². The van der Waals surface area contributed by atoms with Crippen molar-refractivity contribution < 1.29 is 8.91 Å². The van der Waals surface area contributed by atoms with Gasteiger partial charge in [0.2, 0.25) is 0 Å². The first-order valence-corrected chi connectivity index (χ1v) is 7.50. The van der Waals surface area contributed by atoms with Gasteiger partial charge in [-0.2, -0.15) is 4.98 Å². The molecule has 2 N–H and O–H groups in total. The smallest absolute Gasteiger partial charge is 0.258 e. The maximum absolute atomic E-state index is 13.3. The lowest BCUT2D eigenvalue weighted by molar-refractivity contribution is 0.216. The molecule has 0 spiro atoms. The van der Waals surface area contributed by atoms with Crippen LogP contribution in [0.3, 0.4) is 0 Å². The van der Waals surface area contributed by atoms with E-state index in [9.17, 15) is 4.39 Å². The van der Waals surface area contributed by atoms with Crippen molar-refractivity contribution in [3.05, 3.63) is 35.9 Å². The summed E-state index contributed by atoms with van der Waals surface area (Å²) >= 11 is 0. The SMILES string of the molecule is CCC1CCC(N)(c2noc(-c3cccc(F)c3)n2)CC1. The number of aromatic nitrogens is 2. The van der Waals surface area contributed by atoms with Crippen molar-refractivity contribution in [2.45, 2.75) is 44.6 Å². The second-order valence-corrected chi connectivity index (χ2v) is 5.94. The van der Waals surface area contributed by atoms with E-state index in [0.717, 1.165) is 31.6 Å². The Morgan fingerprint density at radius 1 is 1.38 bits per heavy atom. The average molecular weight is 289 g/mol. The predicted molar refractivity (Wildman–Crippen MR) is 77.8 cm³/mol. The van der Waals surface area contributed by atoms with Crippen molar-refractivity contribution in [1.82, 2.24) is 10.1 Å². The van der Waals surface area contributed by atoms with E-state index in [2.05, 4.69) is 17.1 Å². The molecule has 0 saturated heterocycles. The summed E-state index contributed by atoms with van der Waals surface area (Å²) in [7, 11) is 0. The van der Waals surface area contributed by atoms with E-state index in [4.69, 9.17) is 10.3 Å². The monoisotopic (exact) mass is 289 g/mol. The molecule has 4 nitrogen and oxygen atoms in total. The fourth-order valence-electron chi connectivity index (χ4n) is 2.99. The molecular formula is C16H20FN3O. The lowest BCUT2D eigenvalue weighted by Gasteiger charge is -2.34. The molecule has 0 unspecified atom stereocenters. The maximum Gasteiger partial charge on any atom is 0.258 e. The zero-order chi connectivity index (χ0) is 14.9. The highest BCUT2D eigenvalue weighted by Gasteiger charge is 2.36. The van der Waals surface area contributed by atoms with Gasteiger partial charge in [-0.15, -0.1) is 0 Å². The number of rotatable bonds is 3. The molecule has 0 amide bonds. The Balaban J connectivity index is 1.82. The normalized spacial score (nSPS) is 26.0. The Hall–Kier alpha value is -1.75. The molecule has 1 aliphatic rings. The van der Waals surface area contributed by atoms with Crippen LogP contribution in [0.15, 0.2) is 28.8 Å². The van der Waals surface area contributed by atoms with E-state index in [0.29, 0.717) is 17.3 Å². The van der Waals surface area contributed by atoms with Gasteiger partial charge in [0.15, 0.2) is 5.82 Å². The highest BCUT2D eigenvalue weighted by atomic mass is 19.1. The summed E-state index contributed by atoms with van der Waals surface area (Å²) < 4.78 is 18.5. The van der Waals surface area contributed by atoms with Gasteiger partial charge in [0.25, 0.3) is 5.89 Å². The van der Waals surface area contributed by atoms with Crippen LogP contribution in [0.2, 0.25) is 0 Å². The molecule has 1 aliphatic carbocycles. The number of nitrogens with two attached hydrogens (primary N) is 1. The first-order valence-electron chi connectivity index (χ1n) is 7.50. The molecule has 1 aromatic carbocycles. The summed E-state index contributed by atoms with van der Waals surface area (Å²) in [5.74, 6) is 1.29. The van der Waals surface area contributed by atoms with Crippen LogP contribution in [0.5, 0.6) is 0 Å². The van der Waals surface area contributed by atoms with Crippen LogP contribution in [0.25, 0.3) is 11.5 Å². The largest absolute Gasteiger partial charge is 0.334 e. The third-order valence-corrected chi connectivity index (χ3v) is 4.52. The van der Waals surface area contributed by atoms with Gasteiger partial charge in [0.1, 0.15) is 5.82 Å². The van der Waals surface area contributed by atoms with Crippen molar-refractivity contribution >= 4 is 0 Å². The van der Waals surface area contributed by atoms with Crippen LogP contribution in [0.1, 0.15) is 44.9 Å². The fraction of sp³-hybridized carbons (Fsp3) is 0.500. The molecule has 2 aromatic rings.